The van der Waals surface area contributed by atoms with Crippen molar-refractivity contribution in [3.8, 4) is 6.07 Å². The van der Waals surface area contributed by atoms with Crippen LogP contribution in [-0.4, -0.2) is 25.8 Å². The van der Waals surface area contributed by atoms with E-state index in [1.807, 2.05) is 6.07 Å². The number of hydrogen-bond donors (Lipinski definition) is 0. The summed E-state index contributed by atoms with van der Waals surface area (Å²) in [6.07, 6.45) is 0. The summed E-state index contributed by atoms with van der Waals surface area (Å²) in [5.74, 6) is 0. The van der Waals surface area contributed by atoms with E-state index in [1.165, 1.54) is 12.1 Å². The highest BCUT2D eigenvalue weighted by atomic mass is 79.9. The Morgan fingerprint density at radius 1 is 1.38 bits per heavy atom. The lowest BCUT2D eigenvalue weighted by atomic mass is 10.4. The quantitative estimate of drug-likeness (QED) is 0.799. The number of nitriles is 1. The summed E-state index contributed by atoms with van der Waals surface area (Å²) in [5, 5.41) is 8.56. The Morgan fingerprint density at radius 3 is 2.38 bits per heavy atom. The normalized spacial score (nSPS) is 11.4. The minimum absolute atomic E-state index is 0.130. The fourth-order valence-electron chi connectivity index (χ4n) is 1.20. The summed E-state index contributed by atoms with van der Waals surface area (Å²) >= 11 is 3.24. The molecule has 0 unspecified atom stereocenters. The van der Waals surface area contributed by atoms with Gasteiger partial charge in [-0.05, 0) is 24.3 Å². The van der Waals surface area contributed by atoms with Crippen molar-refractivity contribution in [1.82, 2.24) is 4.31 Å². The Balaban J connectivity index is 3.10. The van der Waals surface area contributed by atoms with Crippen LogP contribution in [0.1, 0.15) is 6.92 Å². The molecule has 0 aliphatic heterocycles. The van der Waals surface area contributed by atoms with Crippen molar-refractivity contribution in [3.05, 3.63) is 28.7 Å². The van der Waals surface area contributed by atoms with E-state index in [9.17, 15) is 8.42 Å². The van der Waals surface area contributed by atoms with Crippen molar-refractivity contribution >= 4 is 26.0 Å². The molecule has 0 N–H and O–H groups in total. The molecule has 86 valence electrons. The first-order valence-corrected chi connectivity index (χ1v) is 6.88. The molecule has 6 heteroatoms. The fourth-order valence-corrected chi connectivity index (χ4v) is 2.81. The maximum Gasteiger partial charge on any atom is 0.244 e. The molecule has 0 saturated carbocycles. The minimum atomic E-state index is -3.54. The summed E-state index contributed by atoms with van der Waals surface area (Å²) in [6, 6.07) is 8.19. The predicted octanol–water partition coefficient (Wildman–Crippen LogP) is 1.98. The van der Waals surface area contributed by atoms with Crippen LogP contribution >= 0.6 is 15.9 Å². The van der Waals surface area contributed by atoms with Crippen molar-refractivity contribution in [2.75, 3.05) is 13.1 Å². The Bertz CT molecular complexity index is 491. The second kappa shape index (κ2) is 5.43. The fraction of sp³-hybridized carbons (Fsp3) is 0.300. The minimum Gasteiger partial charge on any atom is -0.207 e. The lowest BCUT2D eigenvalue weighted by Crippen LogP contribution is -2.31. The number of hydrogen-bond acceptors (Lipinski definition) is 3. The Labute approximate surface area is 104 Å². The van der Waals surface area contributed by atoms with Crippen molar-refractivity contribution in [3.63, 3.8) is 0 Å². The van der Waals surface area contributed by atoms with Crippen LogP contribution in [0.25, 0.3) is 0 Å². The van der Waals surface area contributed by atoms with Crippen LogP contribution in [0, 0.1) is 11.3 Å². The van der Waals surface area contributed by atoms with Crippen molar-refractivity contribution in [1.29, 1.82) is 5.26 Å². The molecule has 16 heavy (non-hydrogen) atoms. The van der Waals surface area contributed by atoms with Gasteiger partial charge >= 0.3 is 0 Å². The maximum atomic E-state index is 12.0. The van der Waals surface area contributed by atoms with Gasteiger partial charge in [0.15, 0.2) is 0 Å². The van der Waals surface area contributed by atoms with Gasteiger partial charge in [-0.3, -0.25) is 0 Å². The zero-order valence-electron chi connectivity index (χ0n) is 8.72. The third-order valence-electron chi connectivity index (χ3n) is 2.05. The van der Waals surface area contributed by atoms with E-state index in [0.717, 1.165) is 8.78 Å². The molecule has 4 nitrogen and oxygen atoms in total. The van der Waals surface area contributed by atoms with E-state index < -0.39 is 10.0 Å². The van der Waals surface area contributed by atoms with Gasteiger partial charge in [0.05, 0.1) is 11.0 Å². The summed E-state index contributed by atoms with van der Waals surface area (Å²) in [5.41, 5.74) is 0. The lowest BCUT2D eigenvalue weighted by Gasteiger charge is -2.16. The molecule has 0 bridgehead atoms. The largest absolute Gasteiger partial charge is 0.244 e. The van der Waals surface area contributed by atoms with E-state index in [2.05, 4.69) is 15.9 Å². The highest BCUT2D eigenvalue weighted by Crippen LogP contribution is 2.18. The van der Waals surface area contributed by atoms with E-state index in [-0.39, 0.29) is 18.0 Å². The lowest BCUT2D eigenvalue weighted by molar-refractivity contribution is 0.462. The third-order valence-corrected chi connectivity index (χ3v) is 4.51. The average Bonchev–Trinajstić information content (AvgIpc) is 2.26. The monoisotopic (exact) mass is 302 g/mol. The highest BCUT2D eigenvalue weighted by molar-refractivity contribution is 9.10. The summed E-state index contributed by atoms with van der Waals surface area (Å²) in [7, 11) is -3.54. The van der Waals surface area contributed by atoms with E-state index in [0.29, 0.717) is 0 Å². The van der Waals surface area contributed by atoms with Gasteiger partial charge < -0.3 is 0 Å². The van der Waals surface area contributed by atoms with Crippen molar-refractivity contribution in [2.24, 2.45) is 0 Å². The smallest absolute Gasteiger partial charge is 0.207 e. The molecule has 0 saturated heterocycles. The molecule has 0 aliphatic carbocycles. The predicted molar refractivity (Wildman–Crippen MR) is 64.2 cm³/mol. The zero-order valence-corrected chi connectivity index (χ0v) is 11.1. The van der Waals surface area contributed by atoms with Gasteiger partial charge in [-0.25, -0.2) is 8.42 Å². The highest BCUT2D eigenvalue weighted by Gasteiger charge is 2.22. The summed E-state index contributed by atoms with van der Waals surface area (Å²) in [6.45, 7) is 1.86. The summed E-state index contributed by atoms with van der Waals surface area (Å²) in [4.78, 5) is 0.202. The Morgan fingerprint density at radius 2 is 1.94 bits per heavy atom. The summed E-state index contributed by atoms with van der Waals surface area (Å²) < 4.78 is 26.0. The Kier molecular flexibility index (Phi) is 4.47. The first kappa shape index (κ1) is 13.2. The molecule has 1 rings (SSSR count). The first-order valence-electron chi connectivity index (χ1n) is 4.65. The first-order chi connectivity index (χ1) is 7.52. The van der Waals surface area contributed by atoms with Crippen LogP contribution in [0.4, 0.5) is 0 Å². The molecule has 1 aromatic rings. The molecular weight excluding hydrogens is 292 g/mol. The van der Waals surface area contributed by atoms with Crippen LogP contribution in [0.3, 0.4) is 0 Å². The molecule has 0 fully saturated rings. The van der Waals surface area contributed by atoms with Crippen LogP contribution in [0.2, 0.25) is 0 Å². The van der Waals surface area contributed by atoms with Crippen LogP contribution in [0.5, 0.6) is 0 Å². The van der Waals surface area contributed by atoms with Gasteiger partial charge in [0.25, 0.3) is 0 Å². The van der Waals surface area contributed by atoms with Crippen molar-refractivity contribution < 1.29 is 8.42 Å². The maximum absolute atomic E-state index is 12.0. The molecule has 0 radical (unpaired) electrons. The number of rotatable bonds is 4. The standard InChI is InChI=1S/C10H11BrN2O2S/c1-2-13(8-7-12)16(14,15)10-5-3-9(11)4-6-10/h3-6H,2,8H2,1H3. The number of nitrogens with zero attached hydrogens (tertiary/aromatic N) is 2. The SMILES string of the molecule is CCN(CC#N)S(=O)(=O)c1ccc(Br)cc1. The average molecular weight is 303 g/mol. The number of sulfonamides is 1. The second-order valence-electron chi connectivity index (χ2n) is 3.04. The van der Waals surface area contributed by atoms with Gasteiger partial charge in [-0.1, -0.05) is 22.9 Å². The van der Waals surface area contributed by atoms with E-state index >= 15 is 0 Å². The molecule has 1 aromatic carbocycles. The van der Waals surface area contributed by atoms with Crippen molar-refractivity contribution in [2.45, 2.75) is 11.8 Å². The van der Waals surface area contributed by atoms with E-state index in [4.69, 9.17) is 5.26 Å². The molecule has 0 aromatic heterocycles. The number of halogens is 1. The Hall–Kier alpha value is -0.900. The second-order valence-corrected chi connectivity index (χ2v) is 5.90. The third kappa shape index (κ3) is 2.82. The zero-order chi connectivity index (χ0) is 12.2. The number of benzene rings is 1. The molecule has 0 amide bonds. The topological polar surface area (TPSA) is 61.2 Å². The molecule has 0 spiro atoms. The van der Waals surface area contributed by atoms with Crippen LogP contribution in [0.15, 0.2) is 33.6 Å². The van der Waals surface area contributed by atoms with Gasteiger partial charge in [0.2, 0.25) is 10.0 Å². The van der Waals surface area contributed by atoms with Crippen LogP contribution < -0.4 is 0 Å². The van der Waals surface area contributed by atoms with Gasteiger partial charge in [0, 0.05) is 11.0 Å². The van der Waals surface area contributed by atoms with Crippen LogP contribution in [-0.2, 0) is 10.0 Å². The molecule has 0 atom stereocenters. The molecule has 0 aliphatic rings. The van der Waals surface area contributed by atoms with Gasteiger partial charge in [-0.2, -0.15) is 9.57 Å². The van der Waals surface area contributed by atoms with Gasteiger partial charge in [0.1, 0.15) is 6.54 Å². The van der Waals surface area contributed by atoms with E-state index in [1.54, 1.807) is 19.1 Å². The molecule has 0 heterocycles. The molecular formula is C10H11BrN2O2S. The van der Waals surface area contributed by atoms with Gasteiger partial charge in [-0.15, -0.1) is 0 Å².